The average molecular weight is 390 g/mol. The molecule has 1 aromatic heterocycles. The summed E-state index contributed by atoms with van der Waals surface area (Å²) in [7, 11) is 0. The molecule has 4 rings (SSSR count). The first-order valence-electron chi connectivity index (χ1n) is 9.38. The highest BCUT2D eigenvalue weighted by Gasteiger charge is 2.14. The largest absolute Gasteiger partial charge is 0.454 e. The molecule has 1 aliphatic rings. The zero-order valence-electron chi connectivity index (χ0n) is 16.4. The lowest BCUT2D eigenvalue weighted by Crippen LogP contribution is -2.24. The fourth-order valence-corrected chi connectivity index (χ4v) is 2.99. The number of hydrogen-bond acceptors (Lipinski definition) is 6. The molecule has 29 heavy (non-hydrogen) atoms. The summed E-state index contributed by atoms with van der Waals surface area (Å²) < 4.78 is 10.7. The summed E-state index contributed by atoms with van der Waals surface area (Å²) in [6.45, 7) is 5.08. The van der Waals surface area contributed by atoms with Crippen molar-refractivity contribution in [2.24, 2.45) is 0 Å². The van der Waals surface area contributed by atoms with Gasteiger partial charge >= 0.3 is 0 Å². The molecule has 0 aliphatic carbocycles. The minimum atomic E-state index is -0.189. The van der Waals surface area contributed by atoms with Crippen molar-refractivity contribution in [3.63, 3.8) is 0 Å². The van der Waals surface area contributed by atoms with Crippen LogP contribution in [0.25, 0.3) is 0 Å². The van der Waals surface area contributed by atoms with Crippen LogP contribution in [0.4, 0.5) is 5.95 Å². The second kappa shape index (κ2) is 8.18. The second-order valence-electron chi connectivity index (χ2n) is 6.90. The Bertz CT molecular complexity index is 1030. The number of aryl methyl sites for hydroxylation is 2. The van der Waals surface area contributed by atoms with Gasteiger partial charge in [-0.3, -0.25) is 4.79 Å². The van der Waals surface area contributed by atoms with E-state index in [1.54, 1.807) is 13.1 Å². The monoisotopic (exact) mass is 390 g/mol. The van der Waals surface area contributed by atoms with Crippen LogP contribution in [-0.2, 0) is 13.1 Å². The summed E-state index contributed by atoms with van der Waals surface area (Å²) in [6.07, 6.45) is 1.55. The van der Waals surface area contributed by atoms with E-state index in [1.165, 1.54) is 5.56 Å². The number of hydrogen-bond donors (Lipinski definition) is 2. The van der Waals surface area contributed by atoms with Gasteiger partial charge in [0.25, 0.3) is 5.91 Å². The second-order valence-corrected chi connectivity index (χ2v) is 6.90. The number of nitrogens with zero attached hydrogens (tertiary/aromatic N) is 2. The van der Waals surface area contributed by atoms with Crippen LogP contribution in [0.15, 0.2) is 48.7 Å². The van der Waals surface area contributed by atoms with Crippen LogP contribution in [0, 0.1) is 13.8 Å². The van der Waals surface area contributed by atoms with Crippen LogP contribution >= 0.6 is 0 Å². The lowest BCUT2D eigenvalue weighted by atomic mass is 10.1. The molecule has 0 fully saturated rings. The summed E-state index contributed by atoms with van der Waals surface area (Å²) >= 11 is 0. The molecule has 2 N–H and O–H groups in total. The van der Waals surface area contributed by atoms with E-state index < -0.39 is 0 Å². The molecule has 0 unspecified atom stereocenters. The molecule has 3 aromatic rings. The molecule has 148 valence electrons. The van der Waals surface area contributed by atoms with Crippen molar-refractivity contribution >= 4 is 11.9 Å². The predicted octanol–water partition coefficient (Wildman–Crippen LogP) is 3.36. The molecule has 2 aromatic carbocycles. The minimum Gasteiger partial charge on any atom is -0.454 e. The predicted molar refractivity (Wildman–Crippen MR) is 109 cm³/mol. The average Bonchev–Trinajstić information content (AvgIpc) is 3.19. The normalized spacial score (nSPS) is 11.9. The van der Waals surface area contributed by atoms with E-state index in [2.05, 4.69) is 20.6 Å². The van der Waals surface area contributed by atoms with Gasteiger partial charge in [-0.2, -0.15) is 0 Å². The van der Waals surface area contributed by atoms with E-state index in [1.807, 2.05) is 49.4 Å². The van der Waals surface area contributed by atoms with Gasteiger partial charge in [0.1, 0.15) is 0 Å². The fourth-order valence-electron chi connectivity index (χ4n) is 2.99. The molecular weight excluding hydrogens is 368 g/mol. The summed E-state index contributed by atoms with van der Waals surface area (Å²) in [4.78, 5) is 21.2. The molecule has 7 nitrogen and oxygen atoms in total. The van der Waals surface area contributed by atoms with Gasteiger partial charge in [-0.15, -0.1) is 0 Å². The zero-order valence-corrected chi connectivity index (χ0v) is 16.4. The summed E-state index contributed by atoms with van der Waals surface area (Å²) in [5.41, 5.74) is 4.34. The Morgan fingerprint density at radius 1 is 1.00 bits per heavy atom. The first-order valence-corrected chi connectivity index (χ1v) is 9.38. The van der Waals surface area contributed by atoms with Gasteiger partial charge in [0.15, 0.2) is 11.5 Å². The Balaban J connectivity index is 1.35. The molecular formula is C22H22N4O3. The molecule has 1 aliphatic heterocycles. The van der Waals surface area contributed by atoms with E-state index >= 15 is 0 Å². The molecule has 0 spiro atoms. The highest BCUT2D eigenvalue weighted by molar-refractivity contribution is 5.94. The van der Waals surface area contributed by atoms with Crippen LogP contribution < -0.4 is 20.1 Å². The summed E-state index contributed by atoms with van der Waals surface area (Å²) in [6, 6.07) is 13.8. The van der Waals surface area contributed by atoms with Crippen molar-refractivity contribution in [1.29, 1.82) is 0 Å². The molecule has 0 saturated heterocycles. The first kappa shape index (κ1) is 18.7. The zero-order chi connectivity index (χ0) is 20.2. The van der Waals surface area contributed by atoms with Gasteiger partial charge in [-0.25, -0.2) is 9.97 Å². The lowest BCUT2D eigenvalue weighted by Gasteiger charge is -2.10. The van der Waals surface area contributed by atoms with Crippen molar-refractivity contribution in [2.45, 2.75) is 26.9 Å². The van der Waals surface area contributed by atoms with E-state index in [4.69, 9.17) is 9.47 Å². The van der Waals surface area contributed by atoms with Crippen LogP contribution in [0.3, 0.4) is 0 Å². The quantitative estimate of drug-likeness (QED) is 0.671. The molecule has 1 amide bonds. The Morgan fingerprint density at radius 3 is 2.55 bits per heavy atom. The number of rotatable bonds is 6. The Morgan fingerprint density at radius 2 is 1.76 bits per heavy atom. The highest BCUT2D eigenvalue weighted by Crippen LogP contribution is 2.32. The third kappa shape index (κ3) is 4.45. The number of carbonyl (C=O) groups excluding carboxylic acids is 1. The number of anilines is 1. The van der Waals surface area contributed by atoms with Gasteiger partial charge < -0.3 is 20.1 Å². The number of carbonyl (C=O) groups is 1. The Hall–Kier alpha value is -3.61. The van der Waals surface area contributed by atoms with Crippen molar-refractivity contribution in [1.82, 2.24) is 15.3 Å². The van der Waals surface area contributed by atoms with Crippen LogP contribution in [-0.4, -0.2) is 22.7 Å². The van der Waals surface area contributed by atoms with Crippen molar-refractivity contribution < 1.29 is 14.3 Å². The molecule has 0 radical (unpaired) electrons. The van der Waals surface area contributed by atoms with Crippen molar-refractivity contribution in [3.8, 4) is 11.5 Å². The van der Waals surface area contributed by atoms with E-state index in [-0.39, 0.29) is 12.7 Å². The van der Waals surface area contributed by atoms with E-state index in [0.29, 0.717) is 30.3 Å². The Kier molecular flexibility index (Phi) is 5.29. The number of fused-ring (bicyclic) bond motifs is 1. The SMILES string of the molecule is Cc1ccc(CNC(=O)c2cnc(NCc3ccc4c(c3)OCO4)nc2C)cc1. The van der Waals surface area contributed by atoms with Gasteiger partial charge in [0.05, 0.1) is 11.3 Å². The summed E-state index contributed by atoms with van der Waals surface area (Å²) in [5, 5.41) is 6.08. The molecule has 0 atom stereocenters. The molecule has 2 heterocycles. The lowest BCUT2D eigenvalue weighted by molar-refractivity contribution is 0.0949. The third-order valence-corrected chi connectivity index (χ3v) is 4.69. The topological polar surface area (TPSA) is 85.4 Å². The van der Waals surface area contributed by atoms with Gasteiger partial charge in [-0.05, 0) is 37.1 Å². The maximum atomic E-state index is 12.5. The number of nitrogens with one attached hydrogen (secondary N) is 2. The van der Waals surface area contributed by atoms with Crippen molar-refractivity contribution in [2.75, 3.05) is 12.1 Å². The molecule has 0 bridgehead atoms. The van der Waals surface area contributed by atoms with Crippen molar-refractivity contribution in [3.05, 3.63) is 76.6 Å². The number of ether oxygens (including phenoxy) is 2. The maximum absolute atomic E-state index is 12.5. The standard InChI is InChI=1S/C22H22N4O3/c1-14-3-5-16(6-4-14)10-23-21(27)18-12-25-22(26-15(18)2)24-11-17-7-8-19-20(9-17)29-13-28-19/h3-9,12H,10-11,13H2,1-2H3,(H,23,27)(H,24,25,26). The number of amides is 1. The number of aromatic nitrogens is 2. The van der Waals surface area contributed by atoms with Crippen LogP contribution in [0.2, 0.25) is 0 Å². The maximum Gasteiger partial charge on any atom is 0.254 e. The van der Waals surface area contributed by atoms with Crippen LogP contribution in [0.1, 0.15) is 32.7 Å². The smallest absolute Gasteiger partial charge is 0.254 e. The first-order chi connectivity index (χ1) is 14.1. The Labute approximate surface area is 169 Å². The molecule has 0 saturated carbocycles. The van der Waals surface area contributed by atoms with Gasteiger partial charge in [-0.1, -0.05) is 35.9 Å². The highest BCUT2D eigenvalue weighted by atomic mass is 16.7. The van der Waals surface area contributed by atoms with E-state index in [0.717, 1.165) is 22.6 Å². The van der Waals surface area contributed by atoms with Gasteiger partial charge in [0, 0.05) is 19.3 Å². The number of benzene rings is 2. The summed E-state index contributed by atoms with van der Waals surface area (Å²) in [5.74, 6) is 1.77. The third-order valence-electron chi connectivity index (χ3n) is 4.69. The molecule has 7 heteroatoms. The van der Waals surface area contributed by atoms with Gasteiger partial charge in [0.2, 0.25) is 12.7 Å². The fraction of sp³-hybridized carbons (Fsp3) is 0.227. The minimum absolute atomic E-state index is 0.189. The van der Waals surface area contributed by atoms with Crippen LogP contribution in [0.5, 0.6) is 11.5 Å². The van der Waals surface area contributed by atoms with E-state index in [9.17, 15) is 4.79 Å².